The second-order valence-electron chi connectivity index (χ2n) is 6.05. The lowest BCUT2D eigenvalue weighted by atomic mass is 10.2. The molecule has 3 nitrogen and oxygen atoms in total. The highest BCUT2D eigenvalue weighted by Crippen LogP contribution is 2.36. The molecule has 1 aliphatic rings. The van der Waals surface area contributed by atoms with Gasteiger partial charge in [-0.1, -0.05) is 30.3 Å². The maximum atomic E-state index is 12.7. The van der Waals surface area contributed by atoms with Crippen LogP contribution >= 0.6 is 27.3 Å². The van der Waals surface area contributed by atoms with Gasteiger partial charge in [-0.25, -0.2) is 0 Å². The highest BCUT2D eigenvalue weighted by atomic mass is 79.9. The topological polar surface area (TPSA) is 34.0 Å². The number of aromatic nitrogens is 1. The van der Waals surface area contributed by atoms with E-state index in [0.717, 1.165) is 27.5 Å². The SMILES string of the molecule is O=C(NCc1ccccc1)c1cc2sc(Br)cc2n1CC1CC1. The zero-order chi connectivity index (χ0) is 15.8. The summed E-state index contributed by atoms with van der Waals surface area (Å²) < 4.78 is 4.47. The van der Waals surface area contributed by atoms with E-state index < -0.39 is 0 Å². The Balaban J connectivity index is 1.59. The summed E-state index contributed by atoms with van der Waals surface area (Å²) in [6, 6.07) is 14.2. The number of nitrogens with one attached hydrogen (secondary N) is 1. The summed E-state index contributed by atoms with van der Waals surface area (Å²) in [7, 11) is 0. The molecular formula is C18H17BrN2OS. The van der Waals surface area contributed by atoms with Crippen LogP contribution in [0.2, 0.25) is 0 Å². The fourth-order valence-corrected chi connectivity index (χ4v) is 4.39. The summed E-state index contributed by atoms with van der Waals surface area (Å²) >= 11 is 5.23. The van der Waals surface area contributed by atoms with E-state index in [9.17, 15) is 4.79 Å². The Labute approximate surface area is 147 Å². The van der Waals surface area contributed by atoms with Crippen molar-refractivity contribution >= 4 is 43.4 Å². The van der Waals surface area contributed by atoms with Gasteiger partial charge in [-0.3, -0.25) is 4.79 Å². The van der Waals surface area contributed by atoms with Gasteiger partial charge in [0, 0.05) is 13.1 Å². The molecule has 4 rings (SSSR count). The van der Waals surface area contributed by atoms with Gasteiger partial charge in [-0.05, 0) is 52.4 Å². The van der Waals surface area contributed by atoms with Crippen molar-refractivity contribution in [2.24, 2.45) is 5.92 Å². The van der Waals surface area contributed by atoms with Gasteiger partial charge in [0.25, 0.3) is 5.91 Å². The van der Waals surface area contributed by atoms with Crippen LogP contribution in [0.15, 0.2) is 46.3 Å². The monoisotopic (exact) mass is 388 g/mol. The normalized spacial score (nSPS) is 14.3. The molecule has 0 aliphatic heterocycles. The number of carbonyl (C=O) groups is 1. The van der Waals surface area contributed by atoms with Crippen molar-refractivity contribution < 1.29 is 4.79 Å². The molecule has 5 heteroatoms. The number of amides is 1. The summed E-state index contributed by atoms with van der Waals surface area (Å²) in [5, 5.41) is 3.05. The number of thiophene rings is 1. The van der Waals surface area contributed by atoms with Crippen LogP contribution in [0.3, 0.4) is 0 Å². The third-order valence-corrected chi connectivity index (χ3v) is 5.80. The van der Waals surface area contributed by atoms with E-state index in [1.807, 2.05) is 36.4 Å². The van der Waals surface area contributed by atoms with Crippen LogP contribution < -0.4 is 5.32 Å². The number of benzene rings is 1. The molecule has 1 N–H and O–H groups in total. The third kappa shape index (κ3) is 3.21. The number of hydrogen-bond donors (Lipinski definition) is 1. The van der Waals surface area contributed by atoms with Crippen LogP contribution in [0.4, 0.5) is 0 Å². The average molecular weight is 389 g/mol. The molecule has 0 spiro atoms. The Morgan fingerprint density at radius 2 is 2.04 bits per heavy atom. The molecule has 0 radical (unpaired) electrons. The van der Waals surface area contributed by atoms with Gasteiger partial charge >= 0.3 is 0 Å². The van der Waals surface area contributed by atoms with Gasteiger partial charge in [0.05, 0.1) is 14.0 Å². The minimum atomic E-state index is 0.00836. The largest absolute Gasteiger partial charge is 0.347 e. The van der Waals surface area contributed by atoms with Crippen molar-refractivity contribution in [1.29, 1.82) is 0 Å². The molecule has 118 valence electrons. The van der Waals surface area contributed by atoms with Gasteiger partial charge in [-0.2, -0.15) is 0 Å². The van der Waals surface area contributed by atoms with Crippen molar-refractivity contribution in [3.63, 3.8) is 0 Å². The van der Waals surface area contributed by atoms with Gasteiger partial charge in [0.15, 0.2) is 0 Å². The predicted molar refractivity (Wildman–Crippen MR) is 97.9 cm³/mol. The Morgan fingerprint density at radius 3 is 2.78 bits per heavy atom. The minimum Gasteiger partial charge on any atom is -0.347 e. The van der Waals surface area contributed by atoms with Crippen LogP contribution in [0.5, 0.6) is 0 Å². The summed E-state index contributed by atoms with van der Waals surface area (Å²) in [4.78, 5) is 12.7. The molecule has 2 heterocycles. The molecule has 0 atom stereocenters. The van der Waals surface area contributed by atoms with Crippen molar-refractivity contribution in [3.8, 4) is 0 Å². The van der Waals surface area contributed by atoms with Crippen LogP contribution in [0.25, 0.3) is 10.2 Å². The van der Waals surface area contributed by atoms with E-state index in [1.165, 1.54) is 23.1 Å². The van der Waals surface area contributed by atoms with Crippen LogP contribution in [-0.4, -0.2) is 10.5 Å². The fourth-order valence-electron chi connectivity index (χ4n) is 2.82. The van der Waals surface area contributed by atoms with Gasteiger partial charge < -0.3 is 9.88 Å². The predicted octanol–water partition coefficient (Wildman–Crippen LogP) is 4.81. The quantitative estimate of drug-likeness (QED) is 0.668. The van der Waals surface area contributed by atoms with E-state index >= 15 is 0 Å². The Kier molecular flexibility index (Phi) is 3.99. The maximum absolute atomic E-state index is 12.7. The molecule has 0 bridgehead atoms. The summed E-state index contributed by atoms with van der Waals surface area (Å²) in [6.45, 7) is 1.51. The molecule has 1 aromatic carbocycles. The highest BCUT2D eigenvalue weighted by molar-refractivity contribution is 9.11. The summed E-state index contributed by atoms with van der Waals surface area (Å²) in [5.74, 6) is 0.735. The number of carbonyl (C=O) groups excluding carboxylic acids is 1. The number of halogens is 1. The van der Waals surface area contributed by atoms with Crippen molar-refractivity contribution in [2.75, 3.05) is 0 Å². The van der Waals surface area contributed by atoms with Crippen molar-refractivity contribution in [1.82, 2.24) is 9.88 Å². The molecular weight excluding hydrogens is 372 g/mol. The molecule has 23 heavy (non-hydrogen) atoms. The van der Waals surface area contributed by atoms with E-state index in [-0.39, 0.29) is 5.91 Å². The van der Waals surface area contributed by atoms with E-state index in [0.29, 0.717) is 6.54 Å². The molecule has 1 saturated carbocycles. The van der Waals surface area contributed by atoms with Gasteiger partial charge in [0.1, 0.15) is 5.69 Å². The highest BCUT2D eigenvalue weighted by Gasteiger charge is 2.26. The molecule has 1 aliphatic carbocycles. The van der Waals surface area contributed by atoms with Gasteiger partial charge in [0.2, 0.25) is 0 Å². The zero-order valence-electron chi connectivity index (χ0n) is 12.6. The van der Waals surface area contributed by atoms with Crippen LogP contribution in [0.1, 0.15) is 28.9 Å². The lowest BCUT2D eigenvalue weighted by Gasteiger charge is -2.10. The number of rotatable bonds is 5. The first-order valence-electron chi connectivity index (χ1n) is 7.81. The summed E-state index contributed by atoms with van der Waals surface area (Å²) in [6.07, 6.45) is 2.55. The zero-order valence-corrected chi connectivity index (χ0v) is 15.0. The average Bonchev–Trinajstić information content (AvgIpc) is 3.22. The second-order valence-corrected chi connectivity index (χ2v) is 8.51. The van der Waals surface area contributed by atoms with Crippen molar-refractivity contribution in [2.45, 2.75) is 25.9 Å². The Morgan fingerprint density at radius 1 is 1.26 bits per heavy atom. The number of nitrogens with zero attached hydrogens (tertiary/aromatic N) is 1. The van der Waals surface area contributed by atoms with E-state index in [2.05, 4.69) is 31.9 Å². The maximum Gasteiger partial charge on any atom is 0.268 e. The fraction of sp³-hybridized carbons (Fsp3) is 0.278. The van der Waals surface area contributed by atoms with Crippen LogP contribution in [0, 0.1) is 5.92 Å². The van der Waals surface area contributed by atoms with Crippen molar-refractivity contribution in [3.05, 3.63) is 57.5 Å². The number of fused-ring (bicyclic) bond motifs is 1. The van der Waals surface area contributed by atoms with Gasteiger partial charge in [-0.15, -0.1) is 11.3 Å². The lowest BCUT2D eigenvalue weighted by Crippen LogP contribution is -2.25. The standard InChI is InChI=1S/C18H17BrN2OS/c19-17-9-14-16(23-17)8-15(21(14)11-13-6-7-13)18(22)20-10-12-4-2-1-3-5-12/h1-5,8-9,13H,6-7,10-11H2,(H,20,22). The van der Waals surface area contributed by atoms with Crippen LogP contribution in [-0.2, 0) is 13.1 Å². The molecule has 0 unspecified atom stereocenters. The first kappa shape index (κ1) is 15.0. The Bertz CT molecular complexity index is 849. The first-order chi connectivity index (χ1) is 11.2. The molecule has 2 aromatic heterocycles. The van der Waals surface area contributed by atoms with E-state index in [4.69, 9.17) is 0 Å². The number of hydrogen-bond acceptors (Lipinski definition) is 2. The smallest absolute Gasteiger partial charge is 0.268 e. The Hall–Kier alpha value is -1.59. The van der Waals surface area contributed by atoms with E-state index in [1.54, 1.807) is 11.3 Å². The molecule has 1 amide bonds. The molecule has 1 fully saturated rings. The second kappa shape index (κ2) is 6.13. The first-order valence-corrected chi connectivity index (χ1v) is 9.42. The third-order valence-electron chi connectivity index (χ3n) is 4.23. The molecule has 0 saturated heterocycles. The lowest BCUT2D eigenvalue weighted by molar-refractivity contribution is 0.0941. The minimum absolute atomic E-state index is 0.00836. The summed E-state index contributed by atoms with van der Waals surface area (Å²) in [5.41, 5.74) is 3.06. The molecule has 3 aromatic rings.